The predicted octanol–water partition coefficient (Wildman–Crippen LogP) is 4.05. The second-order valence-electron chi connectivity index (χ2n) is 5.89. The van der Waals surface area contributed by atoms with Gasteiger partial charge in [-0.1, -0.05) is 25.4 Å². The summed E-state index contributed by atoms with van der Waals surface area (Å²) in [6, 6.07) is 2.72. The van der Waals surface area contributed by atoms with Crippen molar-refractivity contribution in [3.05, 3.63) is 32.8 Å². The highest BCUT2D eigenvalue weighted by Gasteiger charge is 2.28. The number of hydrogen-bond acceptors (Lipinski definition) is 5. The molecule has 0 aromatic heterocycles. The summed E-state index contributed by atoms with van der Waals surface area (Å²) in [5, 5.41) is 11.7. The molecule has 0 unspecified atom stereocenters. The van der Waals surface area contributed by atoms with Crippen molar-refractivity contribution < 1.29 is 14.5 Å². The maximum Gasteiger partial charge on any atom is 0.338 e. The van der Waals surface area contributed by atoms with Crippen molar-refractivity contribution in [2.75, 3.05) is 24.6 Å². The van der Waals surface area contributed by atoms with Crippen LogP contribution in [-0.2, 0) is 4.74 Å². The van der Waals surface area contributed by atoms with Gasteiger partial charge in [0.15, 0.2) is 0 Å². The maximum atomic E-state index is 11.9. The van der Waals surface area contributed by atoms with E-state index in [4.69, 9.17) is 16.3 Å². The van der Waals surface area contributed by atoms with Crippen LogP contribution in [0.25, 0.3) is 0 Å². The highest BCUT2D eigenvalue weighted by molar-refractivity contribution is 6.34. The molecule has 2 rings (SSSR count). The van der Waals surface area contributed by atoms with Crippen molar-refractivity contribution >= 4 is 28.9 Å². The van der Waals surface area contributed by atoms with Crippen LogP contribution in [0.5, 0.6) is 0 Å². The number of benzene rings is 1. The molecule has 0 N–H and O–H groups in total. The smallest absolute Gasteiger partial charge is 0.338 e. The predicted molar refractivity (Wildman–Crippen MR) is 89.3 cm³/mol. The lowest BCUT2D eigenvalue weighted by atomic mass is 9.98. The molecule has 0 atom stereocenters. The molecular formula is C16H21ClN2O4. The lowest BCUT2D eigenvalue weighted by Crippen LogP contribution is -2.33. The van der Waals surface area contributed by atoms with Crippen molar-refractivity contribution in [3.63, 3.8) is 0 Å². The van der Waals surface area contributed by atoms with Crippen LogP contribution in [0, 0.1) is 16.0 Å². The molecule has 1 aliphatic rings. The first-order chi connectivity index (χ1) is 10.9. The topological polar surface area (TPSA) is 72.7 Å². The molecule has 7 heteroatoms. The van der Waals surface area contributed by atoms with Gasteiger partial charge in [-0.3, -0.25) is 10.1 Å². The van der Waals surface area contributed by atoms with E-state index in [1.807, 2.05) is 11.8 Å². The van der Waals surface area contributed by atoms with E-state index in [0.717, 1.165) is 25.9 Å². The summed E-state index contributed by atoms with van der Waals surface area (Å²) >= 11 is 6.27. The third-order valence-corrected chi connectivity index (χ3v) is 4.30. The minimum Gasteiger partial charge on any atom is -0.462 e. The van der Waals surface area contributed by atoms with E-state index >= 15 is 0 Å². The van der Waals surface area contributed by atoms with Crippen molar-refractivity contribution in [2.45, 2.75) is 33.1 Å². The van der Waals surface area contributed by atoms with E-state index in [1.54, 1.807) is 0 Å². The molecule has 1 aliphatic heterocycles. The Morgan fingerprint density at radius 2 is 2.09 bits per heavy atom. The summed E-state index contributed by atoms with van der Waals surface area (Å²) in [5.74, 6) is 0.0167. The quantitative estimate of drug-likeness (QED) is 0.459. The van der Waals surface area contributed by atoms with Crippen LogP contribution in [0.15, 0.2) is 12.1 Å². The lowest BCUT2D eigenvalue weighted by Gasteiger charge is -2.32. The molecule has 0 saturated carbocycles. The number of halogens is 1. The van der Waals surface area contributed by atoms with Crippen LogP contribution in [0.4, 0.5) is 11.4 Å². The molecule has 0 aliphatic carbocycles. The third kappa shape index (κ3) is 4.13. The van der Waals surface area contributed by atoms with Gasteiger partial charge in [0.25, 0.3) is 5.69 Å². The number of hydrogen-bond donors (Lipinski definition) is 0. The minimum atomic E-state index is -0.587. The number of piperidine rings is 1. The molecule has 0 amide bonds. The Labute approximate surface area is 140 Å². The summed E-state index contributed by atoms with van der Waals surface area (Å²) in [7, 11) is 0. The number of carbonyl (C=O) groups excluding carboxylic acids is 1. The van der Waals surface area contributed by atoms with Gasteiger partial charge in [-0.15, -0.1) is 0 Å². The highest BCUT2D eigenvalue weighted by Crippen LogP contribution is 2.39. The van der Waals surface area contributed by atoms with E-state index < -0.39 is 10.9 Å². The molecule has 1 aromatic carbocycles. The fourth-order valence-electron chi connectivity index (χ4n) is 2.66. The average Bonchev–Trinajstić information content (AvgIpc) is 2.52. The van der Waals surface area contributed by atoms with Gasteiger partial charge in [0, 0.05) is 19.2 Å². The summed E-state index contributed by atoms with van der Waals surface area (Å²) in [5.41, 5.74) is 0.371. The monoisotopic (exact) mass is 340 g/mol. The number of nitro groups is 1. The highest BCUT2D eigenvalue weighted by atomic mass is 35.5. The molecule has 1 saturated heterocycles. The Hall–Kier alpha value is -1.82. The van der Waals surface area contributed by atoms with E-state index in [2.05, 4.69) is 6.92 Å². The van der Waals surface area contributed by atoms with E-state index in [9.17, 15) is 14.9 Å². The van der Waals surface area contributed by atoms with Crippen LogP contribution in [-0.4, -0.2) is 30.6 Å². The van der Waals surface area contributed by atoms with Crippen LogP contribution in [0.2, 0.25) is 5.02 Å². The molecule has 126 valence electrons. The Balaban J connectivity index is 2.35. The van der Waals surface area contributed by atoms with E-state index in [-0.39, 0.29) is 22.9 Å². The zero-order chi connectivity index (χ0) is 17.0. The van der Waals surface area contributed by atoms with E-state index in [0.29, 0.717) is 18.0 Å². The molecule has 0 spiro atoms. The number of carbonyl (C=O) groups is 1. The van der Waals surface area contributed by atoms with Gasteiger partial charge < -0.3 is 9.64 Å². The fraction of sp³-hybridized carbons (Fsp3) is 0.562. The van der Waals surface area contributed by atoms with Gasteiger partial charge >= 0.3 is 5.97 Å². The van der Waals surface area contributed by atoms with Crippen LogP contribution >= 0.6 is 11.6 Å². The normalized spacial score (nSPS) is 15.5. The van der Waals surface area contributed by atoms with Gasteiger partial charge in [0.2, 0.25) is 0 Å². The summed E-state index contributed by atoms with van der Waals surface area (Å²) in [4.78, 5) is 24.8. The summed E-state index contributed by atoms with van der Waals surface area (Å²) in [6.45, 7) is 5.77. The van der Waals surface area contributed by atoms with Crippen molar-refractivity contribution in [3.8, 4) is 0 Å². The van der Waals surface area contributed by atoms with Gasteiger partial charge in [0.1, 0.15) is 5.69 Å². The molecule has 0 radical (unpaired) electrons. The lowest BCUT2D eigenvalue weighted by molar-refractivity contribution is -0.384. The number of ether oxygens (including phenoxy) is 1. The second kappa shape index (κ2) is 7.64. The first kappa shape index (κ1) is 17.5. The van der Waals surface area contributed by atoms with Gasteiger partial charge in [-0.25, -0.2) is 4.79 Å². The number of esters is 1. The zero-order valence-electron chi connectivity index (χ0n) is 13.4. The Kier molecular flexibility index (Phi) is 5.82. The molecule has 1 heterocycles. The van der Waals surface area contributed by atoms with Crippen molar-refractivity contribution in [1.29, 1.82) is 0 Å². The molecule has 6 nitrogen and oxygen atoms in total. The first-order valence-corrected chi connectivity index (χ1v) is 8.21. The Bertz CT molecular complexity index is 598. The summed E-state index contributed by atoms with van der Waals surface area (Å²) < 4.78 is 5.03. The number of anilines is 1. The van der Waals surface area contributed by atoms with Crippen molar-refractivity contribution in [2.24, 2.45) is 5.92 Å². The number of rotatable bonds is 5. The van der Waals surface area contributed by atoms with Crippen molar-refractivity contribution in [1.82, 2.24) is 0 Å². The largest absolute Gasteiger partial charge is 0.462 e. The molecular weight excluding hydrogens is 320 g/mol. The molecule has 23 heavy (non-hydrogen) atoms. The second-order valence-corrected chi connectivity index (χ2v) is 6.30. The Morgan fingerprint density at radius 1 is 1.43 bits per heavy atom. The third-order valence-electron chi connectivity index (χ3n) is 4.01. The van der Waals surface area contributed by atoms with Gasteiger partial charge in [-0.05, 0) is 31.2 Å². The first-order valence-electron chi connectivity index (χ1n) is 7.84. The maximum absolute atomic E-state index is 11.9. The number of nitrogens with zero attached hydrogens (tertiary/aromatic N) is 2. The fourth-order valence-corrected chi connectivity index (χ4v) is 3.00. The zero-order valence-corrected chi connectivity index (χ0v) is 14.1. The molecule has 0 bridgehead atoms. The SMILES string of the molecule is CCCOC(=O)c1cc(Cl)c(N2CCC(C)CC2)c([N+](=O)[O-])c1. The van der Waals surface area contributed by atoms with Crippen LogP contribution < -0.4 is 4.90 Å². The minimum absolute atomic E-state index is 0.115. The summed E-state index contributed by atoms with van der Waals surface area (Å²) in [6.07, 6.45) is 2.62. The Morgan fingerprint density at radius 3 is 2.65 bits per heavy atom. The van der Waals surface area contributed by atoms with Gasteiger partial charge in [-0.2, -0.15) is 0 Å². The van der Waals surface area contributed by atoms with Gasteiger partial charge in [0.05, 0.1) is 22.1 Å². The number of nitro benzene ring substituents is 1. The average molecular weight is 341 g/mol. The van der Waals surface area contributed by atoms with Crippen LogP contribution in [0.3, 0.4) is 0 Å². The van der Waals surface area contributed by atoms with E-state index in [1.165, 1.54) is 12.1 Å². The molecule has 1 fully saturated rings. The standard InChI is InChI=1S/C16H21ClN2O4/c1-3-8-23-16(20)12-9-13(17)15(14(10-12)19(21)22)18-6-4-11(2)5-7-18/h9-11H,3-8H2,1-2H3. The molecule has 1 aromatic rings. The van der Waals surface area contributed by atoms with Crippen LogP contribution in [0.1, 0.15) is 43.5 Å².